The van der Waals surface area contributed by atoms with Gasteiger partial charge in [0.15, 0.2) is 0 Å². The summed E-state index contributed by atoms with van der Waals surface area (Å²) in [5.41, 5.74) is -1.23. The first-order valence-electron chi connectivity index (χ1n) is 7.39. The van der Waals surface area contributed by atoms with Crippen molar-refractivity contribution < 1.29 is 27.2 Å². The molecule has 1 atom stereocenters. The van der Waals surface area contributed by atoms with Crippen molar-refractivity contribution in [3.8, 4) is 6.07 Å². The topological polar surface area (TPSA) is 85.6 Å². The Morgan fingerprint density at radius 3 is 2.58 bits per heavy atom. The first kappa shape index (κ1) is 19.4. The highest BCUT2D eigenvalue weighted by molar-refractivity contribution is 6.06. The van der Waals surface area contributed by atoms with E-state index in [1.165, 1.54) is 18.2 Å². The zero-order valence-electron chi connectivity index (χ0n) is 13.8. The van der Waals surface area contributed by atoms with E-state index in [0.29, 0.717) is 11.1 Å². The molecule has 138 valence electrons. The molecule has 1 aromatic rings. The first-order valence-corrected chi connectivity index (χ1v) is 7.39. The molecule has 1 unspecified atom stereocenters. The maximum atomic E-state index is 12.9. The summed E-state index contributed by atoms with van der Waals surface area (Å²) >= 11 is 0. The second-order valence-corrected chi connectivity index (χ2v) is 5.96. The molecule has 1 aliphatic heterocycles. The lowest BCUT2D eigenvalue weighted by Gasteiger charge is -2.31. The molecule has 0 spiro atoms. The SMILES string of the molecule is Cc1cc(NC(=O)C2(C)CC(CF)=NN2C(=O)C(F)(F)F)ccc1C#N. The third-order valence-electron chi connectivity index (χ3n) is 3.94. The van der Waals surface area contributed by atoms with Crippen LogP contribution in [0, 0.1) is 18.3 Å². The van der Waals surface area contributed by atoms with E-state index in [0.717, 1.165) is 6.92 Å². The second-order valence-electron chi connectivity index (χ2n) is 5.96. The molecule has 2 amide bonds. The number of amides is 2. The first-order chi connectivity index (χ1) is 12.0. The molecule has 1 aliphatic rings. The summed E-state index contributed by atoms with van der Waals surface area (Å²) in [4.78, 5) is 24.2. The van der Waals surface area contributed by atoms with Crippen LogP contribution in [-0.2, 0) is 9.59 Å². The van der Waals surface area contributed by atoms with Gasteiger partial charge in [-0.05, 0) is 37.6 Å². The standard InChI is InChI=1S/C16H14F4N4O2/c1-9-5-11(4-3-10(9)8-21)22-13(25)15(2)6-12(7-17)23-24(15)14(26)16(18,19)20/h3-5H,6-7H2,1-2H3,(H,22,25). The monoisotopic (exact) mass is 370 g/mol. The minimum Gasteiger partial charge on any atom is -0.324 e. The van der Waals surface area contributed by atoms with Crippen molar-refractivity contribution in [1.29, 1.82) is 5.26 Å². The average molecular weight is 370 g/mol. The van der Waals surface area contributed by atoms with Gasteiger partial charge in [0, 0.05) is 12.1 Å². The maximum Gasteiger partial charge on any atom is 0.473 e. The molecule has 0 aromatic heterocycles. The molecule has 6 nitrogen and oxygen atoms in total. The molecule has 26 heavy (non-hydrogen) atoms. The van der Waals surface area contributed by atoms with E-state index in [4.69, 9.17) is 5.26 Å². The fourth-order valence-electron chi connectivity index (χ4n) is 2.53. The van der Waals surface area contributed by atoms with E-state index in [1.54, 1.807) is 6.92 Å². The molecule has 0 aliphatic carbocycles. The van der Waals surface area contributed by atoms with Crippen LogP contribution in [0.5, 0.6) is 0 Å². The van der Waals surface area contributed by atoms with Crippen LogP contribution < -0.4 is 5.32 Å². The lowest BCUT2D eigenvalue weighted by molar-refractivity contribution is -0.190. The molecular weight excluding hydrogens is 356 g/mol. The van der Waals surface area contributed by atoms with E-state index in [2.05, 4.69) is 10.4 Å². The van der Waals surface area contributed by atoms with Gasteiger partial charge in [-0.1, -0.05) is 0 Å². The number of carbonyl (C=O) groups is 2. The Morgan fingerprint density at radius 1 is 1.42 bits per heavy atom. The van der Waals surface area contributed by atoms with Crippen LogP contribution in [0.1, 0.15) is 24.5 Å². The Hall–Kier alpha value is -2.96. The van der Waals surface area contributed by atoms with Crippen molar-refractivity contribution >= 4 is 23.2 Å². The molecule has 0 radical (unpaired) electrons. The summed E-state index contributed by atoms with van der Waals surface area (Å²) in [6.45, 7) is 1.52. The van der Waals surface area contributed by atoms with Gasteiger partial charge in [-0.2, -0.15) is 23.5 Å². The number of carbonyl (C=O) groups excluding carboxylic acids is 2. The summed E-state index contributed by atoms with van der Waals surface area (Å²) in [6.07, 6.45) is -5.73. The number of nitrogens with one attached hydrogen (secondary N) is 1. The highest BCUT2D eigenvalue weighted by atomic mass is 19.4. The summed E-state index contributed by atoms with van der Waals surface area (Å²) in [6, 6.07) is 6.23. The molecule has 0 fully saturated rings. The summed E-state index contributed by atoms with van der Waals surface area (Å²) in [5.74, 6) is -3.30. The highest BCUT2D eigenvalue weighted by Gasteiger charge is 2.55. The van der Waals surface area contributed by atoms with Gasteiger partial charge >= 0.3 is 12.1 Å². The number of benzene rings is 1. The normalized spacial score (nSPS) is 19.7. The van der Waals surface area contributed by atoms with Crippen LogP contribution in [0.25, 0.3) is 0 Å². The van der Waals surface area contributed by atoms with E-state index in [-0.39, 0.29) is 16.4 Å². The predicted octanol–water partition coefficient (Wildman–Crippen LogP) is 2.68. The van der Waals surface area contributed by atoms with Crippen molar-refractivity contribution in [1.82, 2.24) is 5.01 Å². The molecular formula is C16H14F4N4O2. The predicted molar refractivity (Wildman–Crippen MR) is 83.9 cm³/mol. The molecule has 10 heteroatoms. The largest absolute Gasteiger partial charge is 0.473 e. The van der Waals surface area contributed by atoms with E-state index in [1.807, 2.05) is 6.07 Å². The average Bonchev–Trinajstić information content (AvgIpc) is 2.91. The Morgan fingerprint density at radius 2 is 2.08 bits per heavy atom. The Labute approximate surface area is 146 Å². The Balaban J connectivity index is 2.32. The van der Waals surface area contributed by atoms with Gasteiger partial charge in [0.1, 0.15) is 12.2 Å². The number of anilines is 1. The number of hydrogen-bond acceptors (Lipinski definition) is 4. The molecule has 0 saturated heterocycles. The van der Waals surface area contributed by atoms with Gasteiger partial charge in [-0.15, -0.1) is 0 Å². The van der Waals surface area contributed by atoms with Gasteiger partial charge in [-0.3, -0.25) is 9.59 Å². The van der Waals surface area contributed by atoms with Crippen LogP contribution in [0.4, 0.5) is 23.2 Å². The second kappa shape index (κ2) is 6.74. The number of hydrazone groups is 1. The molecule has 2 rings (SSSR count). The highest BCUT2D eigenvalue weighted by Crippen LogP contribution is 2.33. The zero-order valence-corrected chi connectivity index (χ0v) is 13.8. The smallest absolute Gasteiger partial charge is 0.324 e. The van der Waals surface area contributed by atoms with Crippen molar-refractivity contribution in [3.05, 3.63) is 29.3 Å². The van der Waals surface area contributed by atoms with Gasteiger partial charge in [0.2, 0.25) is 0 Å². The minimum atomic E-state index is -5.26. The lowest BCUT2D eigenvalue weighted by Crippen LogP contribution is -2.55. The fourth-order valence-corrected chi connectivity index (χ4v) is 2.53. The third-order valence-corrected chi connectivity index (χ3v) is 3.94. The van der Waals surface area contributed by atoms with Gasteiger partial charge < -0.3 is 5.32 Å². The van der Waals surface area contributed by atoms with E-state index >= 15 is 0 Å². The van der Waals surface area contributed by atoms with E-state index in [9.17, 15) is 27.2 Å². The van der Waals surface area contributed by atoms with Crippen LogP contribution in [0.15, 0.2) is 23.3 Å². The summed E-state index contributed by atoms with van der Waals surface area (Å²) < 4.78 is 51.2. The lowest BCUT2D eigenvalue weighted by atomic mass is 9.94. The molecule has 1 N–H and O–H groups in total. The van der Waals surface area contributed by atoms with E-state index < -0.39 is 36.6 Å². The van der Waals surface area contributed by atoms with Crippen molar-refractivity contribution in [2.75, 3.05) is 12.0 Å². The summed E-state index contributed by atoms with van der Waals surface area (Å²) in [5, 5.41) is 14.6. The molecule has 1 heterocycles. The number of halogens is 4. The van der Waals surface area contributed by atoms with Crippen molar-refractivity contribution in [2.24, 2.45) is 5.10 Å². The number of hydrogen-bond donors (Lipinski definition) is 1. The van der Waals surface area contributed by atoms with Gasteiger partial charge in [0.05, 0.1) is 17.3 Å². The van der Waals surface area contributed by atoms with Crippen molar-refractivity contribution in [3.63, 3.8) is 0 Å². The number of rotatable bonds is 3. The zero-order chi connectivity index (χ0) is 19.7. The quantitative estimate of drug-likeness (QED) is 0.830. The number of nitriles is 1. The van der Waals surface area contributed by atoms with Crippen LogP contribution in [0.2, 0.25) is 0 Å². The minimum absolute atomic E-state index is 0.0201. The Kier molecular flexibility index (Phi) is 5.02. The molecule has 0 bridgehead atoms. The van der Waals surface area contributed by atoms with Crippen LogP contribution >= 0.6 is 0 Å². The van der Waals surface area contributed by atoms with Crippen LogP contribution in [0.3, 0.4) is 0 Å². The number of nitrogens with zero attached hydrogens (tertiary/aromatic N) is 3. The summed E-state index contributed by atoms with van der Waals surface area (Å²) in [7, 11) is 0. The molecule has 1 aromatic carbocycles. The molecule has 0 saturated carbocycles. The third kappa shape index (κ3) is 3.51. The van der Waals surface area contributed by atoms with Gasteiger partial charge in [0.25, 0.3) is 5.91 Å². The number of aryl methyl sites for hydroxylation is 1. The van der Waals surface area contributed by atoms with Crippen molar-refractivity contribution in [2.45, 2.75) is 32.0 Å². The maximum absolute atomic E-state index is 12.9. The Bertz CT molecular complexity index is 829. The van der Waals surface area contributed by atoms with Gasteiger partial charge in [-0.25, -0.2) is 9.40 Å². The van der Waals surface area contributed by atoms with Crippen LogP contribution in [-0.4, -0.2) is 40.9 Å². The fraction of sp³-hybridized carbons (Fsp3) is 0.375. The number of alkyl halides is 4.